The lowest BCUT2D eigenvalue weighted by atomic mass is 10.1. The highest BCUT2D eigenvalue weighted by molar-refractivity contribution is 7.18. The third-order valence-corrected chi connectivity index (χ3v) is 7.36. The van der Waals surface area contributed by atoms with Gasteiger partial charge in [-0.15, -0.1) is 11.3 Å². The number of rotatable bonds is 5. The number of carbonyl (C=O) groups excluding carboxylic acids is 4. The fraction of sp³-hybridized carbons (Fsp3) is 0.417. The quantitative estimate of drug-likeness (QED) is 0.540. The van der Waals surface area contributed by atoms with Crippen molar-refractivity contribution >= 4 is 41.0 Å². The smallest absolute Gasteiger partial charge is 0.350 e. The van der Waals surface area contributed by atoms with Gasteiger partial charge in [0.15, 0.2) is 0 Å². The Balaban J connectivity index is 1.51. The molecule has 0 bridgehead atoms. The van der Waals surface area contributed by atoms with Gasteiger partial charge in [-0.25, -0.2) is 14.4 Å². The van der Waals surface area contributed by atoms with Crippen molar-refractivity contribution in [1.82, 2.24) is 9.80 Å². The van der Waals surface area contributed by atoms with Crippen LogP contribution in [0.4, 0.5) is 15.3 Å². The zero-order valence-corrected chi connectivity index (χ0v) is 20.1. The number of nitrogens with one attached hydrogen (secondary N) is 1. The van der Waals surface area contributed by atoms with E-state index in [1.165, 1.54) is 4.90 Å². The molecule has 3 heterocycles. The van der Waals surface area contributed by atoms with Gasteiger partial charge < -0.3 is 31.3 Å². The average molecular weight is 500 g/mol. The maximum absolute atomic E-state index is 13.0. The van der Waals surface area contributed by atoms with Crippen molar-refractivity contribution in [2.75, 3.05) is 31.5 Å². The molecule has 2 aliphatic rings. The molecule has 1 unspecified atom stereocenters. The standard InChI is InChI=1S/C24H29N5O5S/c25-23(32)27-18-13-19(15-6-8-16(9-7-15)21(30)28-10-2-1-3-11-28)35-20(18)22(31)34-17-5-4-12-29(14-17)24(26)33/h6-9,13,17H,1-5,10-12,14H2,(H2,26,33)(H3,25,27,32). The molecule has 0 spiro atoms. The van der Waals surface area contributed by atoms with Crippen LogP contribution in [0.5, 0.6) is 0 Å². The fourth-order valence-electron chi connectivity index (χ4n) is 4.41. The number of urea groups is 2. The molecule has 5 N–H and O–H groups in total. The molecule has 11 heteroatoms. The Kier molecular flexibility index (Phi) is 7.54. The monoisotopic (exact) mass is 499 g/mol. The second-order valence-electron chi connectivity index (χ2n) is 8.73. The number of benzene rings is 1. The fourth-order valence-corrected chi connectivity index (χ4v) is 5.41. The van der Waals surface area contributed by atoms with Crippen molar-refractivity contribution in [2.45, 2.75) is 38.2 Å². The molecule has 4 rings (SSSR count). The minimum absolute atomic E-state index is 0.0141. The van der Waals surface area contributed by atoms with E-state index in [2.05, 4.69) is 5.32 Å². The van der Waals surface area contributed by atoms with Gasteiger partial charge in [0.2, 0.25) is 0 Å². The first-order valence-electron chi connectivity index (χ1n) is 11.7. The van der Waals surface area contributed by atoms with Crippen molar-refractivity contribution in [3.63, 3.8) is 0 Å². The maximum Gasteiger partial charge on any atom is 0.350 e. The summed E-state index contributed by atoms with van der Waals surface area (Å²) in [5.41, 5.74) is 12.3. The molecule has 1 aromatic heterocycles. The predicted molar refractivity (Wildman–Crippen MR) is 132 cm³/mol. The summed E-state index contributed by atoms with van der Waals surface area (Å²) >= 11 is 1.16. The number of ether oxygens (including phenoxy) is 1. The first-order valence-corrected chi connectivity index (χ1v) is 12.5. The maximum atomic E-state index is 13.0. The molecular formula is C24H29N5O5S. The van der Waals surface area contributed by atoms with Crippen LogP contribution in [0.15, 0.2) is 30.3 Å². The summed E-state index contributed by atoms with van der Waals surface area (Å²) in [6.07, 6.45) is 3.99. The van der Waals surface area contributed by atoms with Crippen LogP contribution in [-0.2, 0) is 4.74 Å². The Morgan fingerprint density at radius 3 is 2.29 bits per heavy atom. The van der Waals surface area contributed by atoms with Crippen LogP contribution in [0, 0.1) is 0 Å². The number of nitrogens with two attached hydrogens (primary N) is 2. The van der Waals surface area contributed by atoms with Crippen LogP contribution in [0.25, 0.3) is 10.4 Å². The molecule has 1 atom stereocenters. The lowest BCUT2D eigenvalue weighted by molar-refractivity contribution is 0.0134. The van der Waals surface area contributed by atoms with E-state index in [1.54, 1.807) is 18.2 Å². The third-order valence-electron chi connectivity index (χ3n) is 6.20. The van der Waals surface area contributed by atoms with Gasteiger partial charge in [-0.3, -0.25) is 4.79 Å². The van der Waals surface area contributed by atoms with Gasteiger partial charge in [-0.05, 0) is 55.9 Å². The Morgan fingerprint density at radius 2 is 1.63 bits per heavy atom. The molecule has 2 aliphatic heterocycles. The largest absolute Gasteiger partial charge is 0.456 e. The molecule has 0 saturated carbocycles. The first kappa shape index (κ1) is 24.5. The topological polar surface area (TPSA) is 148 Å². The van der Waals surface area contributed by atoms with E-state index in [4.69, 9.17) is 16.2 Å². The Morgan fingerprint density at radius 1 is 0.943 bits per heavy atom. The van der Waals surface area contributed by atoms with Gasteiger partial charge in [0.05, 0.1) is 12.2 Å². The van der Waals surface area contributed by atoms with E-state index in [1.807, 2.05) is 17.0 Å². The normalized spacial score (nSPS) is 18.1. The molecule has 0 aliphatic carbocycles. The van der Waals surface area contributed by atoms with Crippen LogP contribution in [0.2, 0.25) is 0 Å². The predicted octanol–water partition coefficient (Wildman–Crippen LogP) is 3.23. The summed E-state index contributed by atoms with van der Waals surface area (Å²) in [5, 5.41) is 2.48. The Hall–Kier alpha value is -3.60. The Labute approximate surface area is 207 Å². The van der Waals surface area contributed by atoms with Crippen molar-refractivity contribution in [1.29, 1.82) is 0 Å². The summed E-state index contributed by atoms with van der Waals surface area (Å²) < 4.78 is 5.63. The number of hydrogen-bond donors (Lipinski definition) is 3. The molecular weight excluding hydrogens is 470 g/mol. The molecule has 10 nitrogen and oxygen atoms in total. The van der Waals surface area contributed by atoms with E-state index in [-0.39, 0.29) is 23.0 Å². The summed E-state index contributed by atoms with van der Waals surface area (Å²) in [4.78, 5) is 52.9. The number of carbonyl (C=O) groups is 4. The Bertz CT molecular complexity index is 1110. The number of likely N-dealkylation sites (tertiary alicyclic amines) is 2. The first-order chi connectivity index (χ1) is 16.8. The van der Waals surface area contributed by atoms with Gasteiger partial charge in [-0.1, -0.05) is 12.1 Å². The highest BCUT2D eigenvalue weighted by atomic mass is 32.1. The second-order valence-corrected chi connectivity index (χ2v) is 9.78. The number of amides is 5. The van der Waals surface area contributed by atoms with E-state index in [9.17, 15) is 19.2 Å². The van der Waals surface area contributed by atoms with Gasteiger partial charge >= 0.3 is 18.0 Å². The summed E-state index contributed by atoms with van der Waals surface area (Å²) in [5.74, 6) is -0.599. The molecule has 35 heavy (non-hydrogen) atoms. The highest BCUT2D eigenvalue weighted by Gasteiger charge is 2.28. The molecule has 2 aromatic rings. The number of hydrogen-bond acceptors (Lipinski definition) is 6. The van der Waals surface area contributed by atoms with Crippen molar-refractivity contribution < 1.29 is 23.9 Å². The van der Waals surface area contributed by atoms with Crippen LogP contribution in [0.1, 0.15) is 52.1 Å². The minimum Gasteiger partial charge on any atom is -0.456 e. The van der Waals surface area contributed by atoms with Crippen LogP contribution in [0.3, 0.4) is 0 Å². The van der Waals surface area contributed by atoms with Crippen molar-refractivity contribution in [3.05, 3.63) is 40.8 Å². The second kappa shape index (κ2) is 10.8. The average Bonchev–Trinajstić information content (AvgIpc) is 3.27. The summed E-state index contributed by atoms with van der Waals surface area (Å²) in [6, 6.07) is 7.48. The van der Waals surface area contributed by atoms with Crippen molar-refractivity contribution in [2.24, 2.45) is 11.5 Å². The molecule has 5 amide bonds. The molecule has 186 valence electrons. The SMILES string of the molecule is NC(=O)Nc1cc(-c2ccc(C(=O)N3CCCCC3)cc2)sc1C(=O)OC1CCCN(C(N)=O)C1. The zero-order chi connectivity index (χ0) is 24.9. The number of nitrogens with zero attached hydrogens (tertiary/aromatic N) is 2. The number of anilines is 1. The van der Waals surface area contributed by atoms with Gasteiger partial charge in [0.25, 0.3) is 5.91 Å². The van der Waals surface area contributed by atoms with Gasteiger partial charge in [-0.2, -0.15) is 0 Å². The molecule has 1 aromatic carbocycles. The lowest BCUT2D eigenvalue weighted by Gasteiger charge is -2.31. The number of thiophene rings is 1. The van der Waals surface area contributed by atoms with E-state index < -0.39 is 24.1 Å². The third kappa shape index (κ3) is 5.91. The van der Waals surface area contributed by atoms with Crippen LogP contribution in [-0.4, -0.2) is 66.0 Å². The van der Waals surface area contributed by atoms with Crippen LogP contribution >= 0.6 is 11.3 Å². The zero-order valence-electron chi connectivity index (χ0n) is 19.3. The summed E-state index contributed by atoms with van der Waals surface area (Å²) in [6.45, 7) is 2.30. The van der Waals surface area contributed by atoms with E-state index >= 15 is 0 Å². The molecule has 2 fully saturated rings. The molecule has 2 saturated heterocycles. The van der Waals surface area contributed by atoms with Crippen LogP contribution < -0.4 is 16.8 Å². The molecule has 0 radical (unpaired) electrons. The van der Waals surface area contributed by atoms with Gasteiger partial charge in [0, 0.05) is 30.1 Å². The number of esters is 1. The number of piperidine rings is 2. The van der Waals surface area contributed by atoms with Crippen molar-refractivity contribution in [3.8, 4) is 10.4 Å². The minimum atomic E-state index is -0.802. The van der Waals surface area contributed by atoms with E-state index in [0.717, 1.165) is 49.3 Å². The lowest BCUT2D eigenvalue weighted by Crippen LogP contribution is -2.46. The van der Waals surface area contributed by atoms with E-state index in [0.29, 0.717) is 29.8 Å². The number of primary amides is 2. The van der Waals surface area contributed by atoms with Gasteiger partial charge in [0.1, 0.15) is 11.0 Å². The highest BCUT2D eigenvalue weighted by Crippen LogP contribution is 2.36. The summed E-state index contributed by atoms with van der Waals surface area (Å²) in [7, 11) is 0.